The summed E-state index contributed by atoms with van der Waals surface area (Å²) in [7, 11) is 0. The molecular weight excluding hydrogens is 270 g/mol. The van der Waals surface area contributed by atoms with Gasteiger partial charge in [-0.1, -0.05) is 89.2 Å². The zero-order valence-electron chi connectivity index (χ0n) is 14.8. The van der Waals surface area contributed by atoms with E-state index < -0.39 is 0 Å². The van der Waals surface area contributed by atoms with Crippen LogP contribution in [0.2, 0.25) is 0 Å². The van der Waals surface area contributed by atoms with Crippen LogP contribution in [0.15, 0.2) is 10.3 Å². The van der Waals surface area contributed by atoms with Gasteiger partial charge in [0, 0.05) is 6.54 Å². The standard InChI is InChI=1S/C19H37N3/c1-2-3-4-9-12-15-22-19(17-20-21-22)16-18-13-10-7-5-6-8-11-14-18/h18-19H,2-17H2,1H3. The summed E-state index contributed by atoms with van der Waals surface area (Å²) in [5.41, 5.74) is 0. The molecule has 3 heteroatoms. The first kappa shape index (κ1) is 17.7. The Balaban J connectivity index is 1.68. The van der Waals surface area contributed by atoms with Crippen LogP contribution in [0.25, 0.3) is 0 Å². The van der Waals surface area contributed by atoms with Gasteiger partial charge in [-0.05, 0) is 18.8 Å². The average molecular weight is 308 g/mol. The van der Waals surface area contributed by atoms with E-state index in [1.807, 2.05) is 0 Å². The molecule has 1 aliphatic carbocycles. The van der Waals surface area contributed by atoms with Crippen LogP contribution in [0.3, 0.4) is 0 Å². The predicted octanol–water partition coefficient (Wildman–Crippen LogP) is 6.15. The summed E-state index contributed by atoms with van der Waals surface area (Å²) in [6.45, 7) is 4.36. The van der Waals surface area contributed by atoms with Crippen LogP contribution in [-0.2, 0) is 0 Å². The number of hydrogen-bond donors (Lipinski definition) is 0. The van der Waals surface area contributed by atoms with Crippen LogP contribution in [0.5, 0.6) is 0 Å². The van der Waals surface area contributed by atoms with E-state index in [4.69, 9.17) is 0 Å². The zero-order valence-corrected chi connectivity index (χ0v) is 14.8. The fraction of sp³-hybridized carbons (Fsp3) is 1.00. The van der Waals surface area contributed by atoms with Crippen molar-refractivity contribution in [3.8, 4) is 0 Å². The summed E-state index contributed by atoms with van der Waals surface area (Å²) in [6, 6.07) is 0.608. The normalized spacial score (nSPS) is 24.2. The smallest absolute Gasteiger partial charge is 0.0841 e. The minimum absolute atomic E-state index is 0.608. The lowest BCUT2D eigenvalue weighted by atomic mass is 9.90. The van der Waals surface area contributed by atoms with Gasteiger partial charge in [0.25, 0.3) is 0 Å². The first-order chi connectivity index (χ1) is 10.9. The van der Waals surface area contributed by atoms with Gasteiger partial charge in [-0.2, -0.15) is 5.11 Å². The molecule has 1 fully saturated rings. The third-order valence-electron chi connectivity index (χ3n) is 5.46. The van der Waals surface area contributed by atoms with Crippen LogP contribution >= 0.6 is 0 Å². The Morgan fingerprint density at radius 3 is 2.27 bits per heavy atom. The summed E-state index contributed by atoms with van der Waals surface area (Å²) < 4.78 is 0. The molecule has 1 aliphatic heterocycles. The molecule has 0 amide bonds. The molecule has 128 valence electrons. The fourth-order valence-corrected chi connectivity index (χ4v) is 4.02. The number of hydrogen-bond acceptors (Lipinski definition) is 3. The lowest BCUT2D eigenvalue weighted by Gasteiger charge is -2.26. The minimum Gasteiger partial charge on any atom is -0.274 e. The van der Waals surface area contributed by atoms with E-state index in [2.05, 4.69) is 22.3 Å². The molecule has 0 radical (unpaired) electrons. The number of unbranched alkanes of at least 4 members (excludes halogenated alkanes) is 4. The second-order valence-electron chi connectivity index (χ2n) is 7.44. The van der Waals surface area contributed by atoms with Crippen LogP contribution < -0.4 is 0 Å². The molecule has 2 aliphatic rings. The molecule has 3 nitrogen and oxygen atoms in total. The SMILES string of the molecule is CCCCCCCN1N=NCC1CC1CCCCCCCC1. The number of rotatable bonds is 8. The van der Waals surface area contributed by atoms with E-state index in [1.54, 1.807) is 0 Å². The van der Waals surface area contributed by atoms with Crippen molar-refractivity contribution in [3.05, 3.63) is 0 Å². The van der Waals surface area contributed by atoms with E-state index >= 15 is 0 Å². The molecule has 1 atom stereocenters. The lowest BCUT2D eigenvalue weighted by Crippen LogP contribution is -2.32. The highest BCUT2D eigenvalue weighted by Crippen LogP contribution is 2.28. The molecule has 0 N–H and O–H groups in total. The summed E-state index contributed by atoms with van der Waals surface area (Å²) in [5.74, 6) is 0.925. The van der Waals surface area contributed by atoms with Crippen molar-refractivity contribution in [2.24, 2.45) is 16.3 Å². The van der Waals surface area contributed by atoms with Crippen molar-refractivity contribution in [1.29, 1.82) is 0 Å². The summed E-state index contributed by atoms with van der Waals surface area (Å²) in [6.07, 6.45) is 19.7. The van der Waals surface area contributed by atoms with Crippen LogP contribution in [0.1, 0.15) is 96.8 Å². The zero-order chi connectivity index (χ0) is 15.5. The Morgan fingerprint density at radius 1 is 0.864 bits per heavy atom. The molecule has 0 aromatic rings. The van der Waals surface area contributed by atoms with E-state index in [-0.39, 0.29) is 0 Å². The van der Waals surface area contributed by atoms with E-state index in [0.29, 0.717) is 6.04 Å². The van der Waals surface area contributed by atoms with Gasteiger partial charge in [-0.25, -0.2) is 0 Å². The highest BCUT2D eigenvalue weighted by Gasteiger charge is 2.25. The Bertz CT molecular complexity index is 293. The van der Waals surface area contributed by atoms with Crippen molar-refractivity contribution in [1.82, 2.24) is 5.01 Å². The second-order valence-corrected chi connectivity index (χ2v) is 7.44. The molecule has 0 saturated heterocycles. The molecule has 2 rings (SSSR count). The topological polar surface area (TPSA) is 28.0 Å². The highest BCUT2D eigenvalue weighted by atomic mass is 15.6. The Labute approximate surface area is 137 Å². The summed E-state index contributed by atoms with van der Waals surface area (Å²) >= 11 is 0. The van der Waals surface area contributed by atoms with Crippen molar-refractivity contribution in [2.75, 3.05) is 13.1 Å². The molecular formula is C19H37N3. The van der Waals surface area contributed by atoms with E-state index in [9.17, 15) is 0 Å². The largest absolute Gasteiger partial charge is 0.274 e. The van der Waals surface area contributed by atoms with Gasteiger partial charge in [0.1, 0.15) is 0 Å². The van der Waals surface area contributed by atoms with Gasteiger partial charge in [0.15, 0.2) is 0 Å². The molecule has 1 unspecified atom stereocenters. The van der Waals surface area contributed by atoms with Crippen LogP contribution in [0.4, 0.5) is 0 Å². The molecule has 0 aromatic carbocycles. The first-order valence-corrected chi connectivity index (χ1v) is 10.0. The second kappa shape index (κ2) is 11.0. The maximum atomic E-state index is 4.42. The third kappa shape index (κ3) is 6.66. The predicted molar refractivity (Wildman–Crippen MR) is 94.0 cm³/mol. The molecule has 0 bridgehead atoms. The van der Waals surface area contributed by atoms with E-state index in [0.717, 1.165) is 19.0 Å². The third-order valence-corrected chi connectivity index (χ3v) is 5.46. The Morgan fingerprint density at radius 2 is 1.55 bits per heavy atom. The Hall–Kier alpha value is -0.600. The lowest BCUT2D eigenvalue weighted by molar-refractivity contribution is 0.193. The van der Waals surface area contributed by atoms with Crippen LogP contribution in [-0.4, -0.2) is 24.1 Å². The highest BCUT2D eigenvalue weighted by molar-refractivity contribution is 4.79. The fourth-order valence-electron chi connectivity index (χ4n) is 4.02. The van der Waals surface area contributed by atoms with Crippen molar-refractivity contribution < 1.29 is 0 Å². The molecule has 22 heavy (non-hydrogen) atoms. The van der Waals surface area contributed by atoms with Crippen molar-refractivity contribution in [2.45, 2.75) is 103 Å². The monoisotopic (exact) mass is 307 g/mol. The first-order valence-electron chi connectivity index (χ1n) is 10.0. The molecule has 1 heterocycles. The minimum atomic E-state index is 0.608. The van der Waals surface area contributed by atoms with Gasteiger partial charge in [0.2, 0.25) is 0 Å². The molecule has 0 spiro atoms. The van der Waals surface area contributed by atoms with Crippen molar-refractivity contribution in [3.63, 3.8) is 0 Å². The average Bonchev–Trinajstić information content (AvgIpc) is 3.00. The van der Waals surface area contributed by atoms with Crippen molar-refractivity contribution >= 4 is 0 Å². The maximum absolute atomic E-state index is 4.42. The maximum Gasteiger partial charge on any atom is 0.0841 e. The van der Waals surface area contributed by atoms with Crippen LogP contribution in [0, 0.1) is 5.92 Å². The summed E-state index contributed by atoms with van der Waals surface area (Å²) in [5, 5.41) is 11.1. The van der Waals surface area contributed by atoms with Gasteiger partial charge in [0.05, 0.1) is 12.6 Å². The summed E-state index contributed by atoms with van der Waals surface area (Å²) in [4.78, 5) is 0. The van der Waals surface area contributed by atoms with Gasteiger partial charge >= 0.3 is 0 Å². The van der Waals surface area contributed by atoms with E-state index in [1.165, 1.54) is 89.9 Å². The quantitative estimate of drug-likeness (QED) is 0.494. The van der Waals surface area contributed by atoms with Gasteiger partial charge in [-0.3, -0.25) is 5.01 Å². The Kier molecular flexibility index (Phi) is 8.89. The molecule has 1 saturated carbocycles. The van der Waals surface area contributed by atoms with Gasteiger partial charge in [-0.15, -0.1) is 0 Å². The number of nitrogens with zero attached hydrogens (tertiary/aromatic N) is 3. The molecule has 0 aromatic heterocycles. The van der Waals surface area contributed by atoms with Gasteiger partial charge < -0.3 is 0 Å².